The monoisotopic (exact) mass is 454 g/mol. The minimum Gasteiger partial charge on any atom is -0.341 e. The van der Waals surface area contributed by atoms with Crippen LogP contribution in [0, 0.1) is 0 Å². The van der Waals surface area contributed by atoms with Gasteiger partial charge in [-0.2, -0.15) is 11.8 Å². The van der Waals surface area contributed by atoms with Gasteiger partial charge in [-0.1, -0.05) is 12.1 Å². The van der Waals surface area contributed by atoms with Gasteiger partial charge < -0.3 is 20.9 Å². The number of benzene rings is 2. The van der Waals surface area contributed by atoms with Crippen molar-refractivity contribution in [1.82, 2.24) is 4.90 Å². The van der Waals surface area contributed by atoms with Crippen LogP contribution < -0.4 is 16.0 Å². The molecular weight excluding hydrogens is 428 g/mol. The quantitative estimate of drug-likeness (QED) is 0.622. The van der Waals surface area contributed by atoms with E-state index in [4.69, 9.17) is 0 Å². The first-order valence-corrected chi connectivity index (χ1v) is 11.4. The number of hydrogen-bond donors (Lipinski definition) is 3. The average molecular weight is 455 g/mol. The second-order valence-corrected chi connectivity index (χ2v) is 8.71. The molecule has 0 aromatic heterocycles. The summed E-state index contributed by atoms with van der Waals surface area (Å²) in [5.41, 5.74) is 2.54. The molecule has 3 rings (SSSR count). The lowest BCUT2D eigenvalue weighted by atomic mass is 10.1. The molecule has 2 aromatic carbocycles. The van der Waals surface area contributed by atoms with Crippen LogP contribution in [0.4, 0.5) is 17.1 Å². The first-order valence-electron chi connectivity index (χ1n) is 10.3. The molecule has 0 radical (unpaired) electrons. The average Bonchev–Trinajstić information content (AvgIpc) is 2.74. The lowest BCUT2D eigenvalue weighted by Crippen LogP contribution is -2.38. The fourth-order valence-electron chi connectivity index (χ4n) is 3.32. The van der Waals surface area contributed by atoms with Gasteiger partial charge in [-0.15, -0.1) is 0 Å². The van der Waals surface area contributed by atoms with Crippen molar-refractivity contribution in [3.63, 3.8) is 0 Å². The SMILES string of the molecule is CC(=O)Nc1cc(NC(C)=O)cc(C(=O)Nc2ccc(CC(=O)N3CCSCC3)cc2)c1. The zero-order chi connectivity index (χ0) is 23.1. The smallest absolute Gasteiger partial charge is 0.255 e. The molecule has 32 heavy (non-hydrogen) atoms. The maximum Gasteiger partial charge on any atom is 0.255 e. The Bertz CT molecular complexity index is 983. The Balaban J connectivity index is 1.67. The number of carbonyl (C=O) groups excluding carboxylic acids is 4. The van der Waals surface area contributed by atoms with Crippen LogP contribution in [-0.4, -0.2) is 53.1 Å². The molecule has 1 heterocycles. The molecule has 0 aliphatic carbocycles. The van der Waals surface area contributed by atoms with Crippen molar-refractivity contribution >= 4 is 52.5 Å². The fraction of sp³-hybridized carbons (Fsp3) is 0.304. The summed E-state index contributed by atoms with van der Waals surface area (Å²) < 4.78 is 0. The molecule has 168 valence electrons. The van der Waals surface area contributed by atoms with E-state index in [9.17, 15) is 19.2 Å². The van der Waals surface area contributed by atoms with Crippen molar-refractivity contribution < 1.29 is 19.2 Å². The molecule has 1 fully saturated rings. The number of rotatable bonds is 6. The van der Waals surface area contributed by atoms with Crippen LogP contribution in [-0.2, 0) is 20.8 Å². The zero-order valence-corrected chi connectivity index (χ0v) is 18.9. The Kier molecular flexibility index (Phi) is 7.88. The summed E-state index contributed by atoms with van der Waals surface area (Å²) in [5.74, 6) is 1.10. The molecule has 1 saturated heterocycles. The second-order valence-electron chi connectivity index (χ2n) is 7.48. The van der Waals surface area contributed by atoms with Crippen molar-refractivity contribution in [1.29, 1.82) is 0 Å². The van der Waals surface area contributed by atoms with Gasteiger partial charge in [0.1, 0.15) is 0 Å². The van der Waals surface area contributed by atoms with Gasteiger partial charge in [0, 0.05) is 61.1 Å². The van der Waals surface area contributed by atoms with E-state index in [1.807, 2.05) is 28.8 Å². The van der Waals surface area contributed by atoms with Crippen LogP contribution in [0.2, 0.25) is 0 Å². The summed E-state index contributed by atoms with van der Waals surface area (Å²) in [6.07, 6.45) is 0.331. The molecule has 0 atom stereocenters. The highest BCUT2D eigenvalue weighted by Gasteiger charge is 2.17. The standard InChI is InChI=1S/C23H26N4O4S/c1-15(28)24-20-12-18(13-21(14-20)25-16(2)29)23(31)26-19-5-3-17(4-6-19)11-22(30)27-7-9-32-10-8-27/h3-6,12-14H,7-11H2,1-2H3,(H,24,28)(H,25,29)(H,26,31). The molecule has 0 spiro atoms. The molecule has 1 aliphatic rings. The summed E-state index contributed by atoms with van der Waals surface area (Å²) >= 11 is 1.86. The number of hydrogen-bond acceptors (Lipinski definition) is 5. The maximum atomic E-state index is 12.8. The minimum absolute atomic E-state index is 0.113. The van der Waals surface area contributed by atoms with E-state index in [2.05, 4.69) is 16.0 Å². The predicted octanol–water partition coefficient (Wildman–Crippen LogP) is 2.97. The van der Waals surface area contributed by atoms with Gasteiger partial charge in [-0.3, -0.25) is 19.2 Å². The van der Waals surface area contributed by atoms with E-state index in [1.54, 1.807) is 18.2 Å². The van der Waals surface area contributed by atoms with Gasteiger partial charge >= 0.3 is 0 Å². The minimum atomic E-state index is -0.390. The topological polar surface area (TPSA) is 108 Å². The van der Waals surface area contributed by atoms with E-state index in [1.165, 1.54) is 26.0 Å². The molecule has 0 unspecified atom stereocenters. The second kappa shape index (κ2) is 10.8. The predicted molar refractivity (Wildman–Crippen MR) is 127 cm³/mol. The van der Waals surface area contributed by atoms with Crippen molar-refractivity contribution in [3.05, 3.63) is 53.6 Å². The molecular formula is C23H26N4O4S. The van der Waals surface area contributed by atoms with Crippen LogP contribution in [0.3, 0.4) is 0 Å². The third-order valence-corrected chi connectivity index (χ3v) is 5.71. The normalized spacial score (nSPS) is 13.2. The molecule has 8 nitrogen and oxygen atoms in total. The Morgan fingerprint density at radius 3 is 1.91 bits per heavy atom. The van der Waals surface area contributed by atoms with E-state index in [0.29, 0.717) is 23.5 Å². The molecule has 0 bridgehead atoms. The van der Waals surface area contributed by atoms with Crippen molar-refractivity contribution in [2.75, 3.05) is 40.5 Å². The highest BCUT2D eigenvalue weighted by Crippen LogP contribution is 2.21. The van der Waals surface area contributed by atoms with Crippen LogP contribution in [0.5, 0.6) is 0 Å². The number of anilines is 3. The van der Waals surface area contributed by atoms with Gasteiger partial charge in [0.15, 0.2) is 0 Å². The van der Waals surface area contributed by atoms with Crippen molar-refractivity contribution in [2.45, 2.75) is 20.3 Å². The van der Waals surface area contributed by atoms with E-state index >= 15 is 0 Å². The van der Waals surface area contributed by atoms with Crippen LogP contribution in [0.1, 0.15) is 29.8 Å². The lowest BCUT2D eigenvalue weighted by molar-refractivity contribution is -0.130. The van der Waals surface area contributed by atoms with Gasteiger partial charge in [-0.25, -0.2) is 0 Å². The Morgan fingerprint density at radius 1 is 0.812 bits per heavy atom. The summed E-state index contributed by atoms with van der Waals surface area (Å²) in [5, 5.41) is 8.05. The molecule has 1 aliphatic heterocycles. The Hall–Kier alpha value is -3.33. The summed E-state index contributed by atoms with van der Waals surface area (Å²) in [4.78, 5) is 49.9. The molecule has 2 aromatic rings. The van der Waals surface area contributed by atoms with Gasteiger partial charge in [0.25, 0.3) is 5.91 Å². The molecule has 3 N–H and O–H groups in total. The first-order chi connectivity index (χ1) is 15.3. The van der Waals surface area contributed by atoms with Crippen molar-refractivity contribution in [2.24, 2.45) is 0 Å². The maximum absolute atomic E-state index is 12.8. The fourth-order valence-corrected chi connectivity index (χ4v) is 4.22. The third-order valence-electron chi connectivity index (χ3n) is 4.77. The first kappa shape index (κ1) is 23.3. The summed E-state index contributed by atoms with van der Waals surface area (Å²) in [7, 11) is 0. The Labute approximate surface area is 191 Å². The summed E-state index contributed by atoms with van der Waals surface area (Å²) in [6.45, 7) is 4.30. The number of nitrogens with zero attached hydrogens (tertiary/aromatic N) is 1. The van der Waals surface area contributed by atoms with Gasteiger partial charge in [-0.05, 0) is 35.9 Å². The van der Waals surface area contributed by atoms with Gasteiger partial charge in [0.2, 0.25) is 17.7 Å². The number of thioether (sulfide) groups is 1. The van der Waals surface area contributed by atoms with E-state index in [-0.39, 0.29) is 23.3 Å². The Morgan fingerprint density at radius 2 is 1.38 bits per heavy atom. The van der Waals surface area contributed by atoms with Crippen LogP contribution in [0.15, 0.2) is 42.5 Å². The zero-order valence-electron chi connectivity index (χ0n) is 18.1. The van der Waals surface area contributed by atoms with E-state index in [0.717, 1.165) is 30.2 Å². The number of carbonyl (C=O) groups is 4. The van der Waals surface area contributed by atoms with Crippen LogP contribution >= 0.6 is 11.8 Å². The van der Waals surface area contributed by atoms with Crippen LogP contribution in [0.25, 0.3) is 0 Å². The molecule has 4 amide bonds. The number of nitrogens with one attached hydrogen (secondary N) is 3. The molecule has 0 saturated carbocycles. The highest BCUT2D eigenvalue weighted by atomic mass is 32.2. The number of amides is 4. The van der Waals surface area contributed by atoms with Crippen molar-refractivity contribution in [3.8, 4) is 0 Å². The molecule has 9 heteroatoms. The van der Waals surface area contributed by atoms with E-state index < -0.39 is 5.91 Å². The highest BCUT2D eigenvalue weighted by molar-refractivity contribution is 7.99. The summed E-state index contributed by atoms with van der Waals surface area (Å²) in [6, 6.07) is 11.8. The van der Waals surface area contributed by atoms with Gasteiger partial charge in [0.05, 0.1) is 6.42 Å². The lowest BCUT2D eigenvalue weighted by Gasteiger charge is -2.26. The third kappa shape index (κ3) is 6.84. The largest absolute Gasteiger partial charge is 0.341 e.